The molecule has 2 aliphatic heterocycles. The molecule has 1 N–H and O–H groups in total. The summed E-state index contributed by atoms with van der Waals surface area (Å²) in [5.41, 5.74) is 0.868. The van der Waals surface area contributed by atoms with Gasteiger partial charge in [0.2, 0.25) is 0 Å². The lowest BCUT2D eigenvalue weighted by molar-refractivity contribution is -0.138. The first kappa shape index (κ1) is 27.3. The molecular formula is C30H31F4N5O2. The van der Waals surface area contributed by atoms with Crippen molar-refractivity contribution in [3.8, 4) is 0 Å². The van der Waals surface area contributed by atoms with Crippen LogP contribution in [0.3, 0.4) is 0 Å². The molecule has 1 atom stereocenters. The number of rotatable bonds is 5. The maximum Gasteiger partial charge on any atom is 0.416 e. The lowest BCUT2D eigenvalue weighted by Gasteiger charge is -2.33. The van der Waals surface area contributed by atoms with Gasteiger partial charge in [-0.1, -0.05) is 30.3 Å². The third-order valence-electron chi connectivity index (χ3n) is 8.38. The molecule has 1 saturated carbocycles. The van der Waals surface area contributed by atoms with Crippen molar-refractivity contribution in [2.45, 2.75) is 62.7 Å². The smallest absolute Gasteiger partial charge is 0.331 e. The zero-order valence-electron chi connectivity index (χ0n) is 22.4. The van der Waals surface area contributed by atoms with Crippen LogP contribution in [0.1, 0.15) is 83.7 Å². The maximum atomic E-state index is 14.0. The second-order valence-electron chi connectivity index (χ2n) is 11.0. The van der Waals surface area contributed by atoms with Crippen molar-refractivity contribution in [2.75, 3.05) is 25.0 Å². The Hall–Kier alpha value is -3.89. The van der Waals surface area contributed by atoms with E-state index in [0.717, 1.165) is 24.6 Å². The molecular weight excluding hydrogens is 538 g/mol. The summed E-state index contributed by atoms with van der Waals surface area (Å²) in [6.07, 6.45) is 1.25. The Morgan fingerprint density at radius 2 is 1.61 bits per heavy atom. The fraction of sp³-hybridized carbons (Fsp3) is 0.433. The number of nitrogens with one attached hydrogen (secondary N) is 1. The lowest BCUT2D eigenvalue weighted by atomic mass is 9.97. The molecule has 11 heteroatoms. The average molecular weight is 570 g/mol. The summed E-state index contributed by atoms with van der Waals surface area (Å²) >= 11 is 0. The number of halogens is 4. The van der Waals surface area contributed by atoms with Gasteiger partial charge in [-0.05, 0) is 62.3 Å². The number of benzene rings is 2. The number of aromatic nitrogens is 2. The largest absolute Gasteiger partial charge is 0.416 e. The zero-order valence-corrected chi connectivity index (χ0v) is 22.4. The number of amides is 3. The molecule has 6 rings (SSSR count). The van der Waals surface area contributed by atoms with E-state index in [1.807, 2.05) is 4.68 Å². The van der Waals surface area contributed by atoms with E-state index in [9.17, 15) is 27.2 Å². The summed E-state index contributed by atoms with van der Waals surface area (Å²) < 4.78 is 57.2. The van der Waals surface area contributed by atoms with Crippen molar-refractivity contribution >= 4 is 17.6 Å². The highest BCUT2D eigenvalue weighted by Gasteiger charge is 2.42. The van der Waals surface area contributed by atoms with Crippen LogP contribution in [-0.2, 0) is 6.18 Å². The van der Waals surface area contributed by atoms with E-state index in [1.54, 1.807) is 34.2 Å². The molecule has 2 saturated heterocycles. The highest BCUT2D eigenvalue weighted by atomic mass is 19.4. The van der Waals surface area contributed by atoms with Crippen molar-refractivity contribution < 1.29 is 27.2 Å². The van der Waals surface area contributed by atoms with Crippen LogP contribution in [0, 0.1) is 5.82 Å². The highest BCUT2D eigenvalue weighted by molar-refractivity contribution is 5.96. The highest BCUT2D eigenvalue weighted by Crippen LogP contribution is 2.45. The van der Waals surface area contributed by atoms with Crippen molar-refractivity contribution in [3.05, 3.63) is 82.9 Å². The van der Waals surface area contributed by atoms with E-state index in [4.69, 9.17) is 0 Å². The van der Waals surface area contributed by atoms with Crippen LogP contribution < -0.4 is 5.32 Å². The van der Waals surface area contributed by atoms with E-state index in [-0.39, 0.29) is 35.1 Å². The van der Waals surface area contributed by atoms with E-state index in [0.29, 0.717) is 50.9 Å². The van der Waals surface area contributed by atoms with Gasteiger partial charge in [0, 0.05) is 25.6 Å². The number of alkyl halides is 3. The number of piperidine rings is 1. The molecule has 0 bridgehead atoms. The van der Waals surface area contributed by atoms with Gasteiger partial charge in [-0.3, -0.25) is 9.48 Å². The Morgan fingerprint density at radius 1 is 0.902 bits per heavy atom. The number of likely N-dealkylation sites (tertiary alicyclic amines) is 2. The van der Waals surface area contributed by atoms with Crippen LogP contribution in [0.4, 0.5) is 28.0 Å². The SMILES string of the molecule is O=C(Nc1ccccc1F)N1CCC(n2ncc(C(=O)N3CCCC3c3ccccc3C(F)(F)F)c2C2CC2)CC1. The molecule has 0 spiro atoms. The molecule has 3 aliphatic rings. The second-order valence-corrected chi connectivity index (χ2v) is 11.0. The Kier molecular flexibility index (Phi) is 7.21. The molecule has 1 aromatic heterocycles. The van der Waals surface area contributed by atoms with Crippen LogP contribution in [-0.4, -0.2) is 51.2 Å². The quantitative estimate of drug-likeness (QED) is 0.345. The predicted molar refractivity (Wildman–Crippen MR) is 144 cm³/mol. The Bertz CT molecular complexity index is 1440. The molecule has 3 heterocycles. The minimum atomic E-state index is -4.50. The normalized spacial score (nSPS) is 20.0. The zero-order chi connectivity index (χ0) is 28.7. The van der Waals surface area contributed by atoms with Crippen LogP contribution in [0.15, 0.2) is 54.7 Å². The van der Waals surface area contributed by atoms with Crippen LogP contribution in [0.25, 0.3) is 0 Å². The molecule has 0 radical (unpaired) electrons. The Balaban J connectivity index is 1.19. The summed E-state index contributed by atoms with van der Waals surface area (Å²) in [5.74, 6) is -0.595. The van der Waals surface area contributed by atoms with Crippen molar-refractivity contribution in [2.24, 2.45) is 0 Å². The topological polar surface area (TPSA) is 70.5 Å². The van der Waals surface area contributed by atoms with E-state index in [2.05, 4.69) is 10.4 Å². The number of anilines is 1. The monoisotopic (exact) mass is 569 g/mol. The van der Waals surface area contributed by atoms with Gasteiger partial charge < -0.3 is 15.1 Å². The molecule has 3 aromatic rings. The fourth-order valence-corrected chi connectivity index (χ4v) is 6.20. The van der Waals surface area contributed by atoms with Crippen LogP contribution >= 0.6 is 0 Å². The molecule has 3 fully saturated rings. The number of hydrogen-bond donors (Lipinski definition) is 1. The van der Waals surface area contributed by atoms with Gasteiger partial charge >= 0.3 is 12.2 Å². The van der Waals surface area contributed by atoms with Crippen molar-refractivity contribution in [1.82, 2.24) is 19.6 Å². The molecule has 1 unspecified atom stereocenters. The summed E-state index contributed by atoms with van der Waals surface area (Å²) in [6, 6.07) is 10.5. The van der Waals surface area contributed by atoms with E-state index < -0.39 is 23.6 Å². The Morgan fingerprint density at radius 3 is 2.32 bits per heavy atom. The molecule has 41 heavy (non-hydrogen) atoms. The summed E-state index contributed by atoms with van der Waals surface area (Å²) in [7, 11) is 0. The minimum Gasteiger partial charge on any atom is -0.331 e. The third kappa shape index (κ3) is 5.41. The first-order chi connectivity index (χ1) is 19.7. The average Bonchev–Trinajstić information content (AvgIpc) is 3.51. The number of carbonyl (C=O) groups is 2. The number of hydrogen-bond acceptors (Lipinski definition) is 3. The van der Waals surface area contributed by atoms with Gasteiger partial charge in [-0.2, -0.15) is 18.3 Å². The van der Waals surface area contributed by atoms with Crippen molar-refractivity contribution in [1.29, 1.82) is 0 Å². The van der Waals surface area contributed by atoms with Gasteiger partial charge in [-0.25, -0.2) is 9.18 Å². The summed E-state index contributed by atoms with van der Waals surface area (Å²) in [4.78, 5) is 29.8. The maximum absolute atomic E-state index is 14.0. The van der Waals surface area contributed by atoms with Crippen molar-refractivity contribution in [3.63, 3.8) is 0 Å². The van der Waals surface area contributed by atoms with Gasteiger partial charge in [0.05, 0.1) is 40.8 Å². The second kappa shape index (κ2) is 10.8. The number of nitrogens with zero attached hydrogens (tertiary/aromatic N) is 4. The molecule has 3 amide bonds. The standard InChI is InChI=1S/C30H31F4N5O2/c31-24-8-3-4-9-25(24)36-29(41)37-16-13-20(14-17-37)39-27(19-11-12-19)22(18-35-39)28(40)38-15-5-10-26(38)21-6-1-2-7-23(21)30(32,33)34/h1-4,6-9,18-20,26H,5,10-17H2,(H,36,41). The van der Waals surface area contributed by atoms with Gasteiger partial charge in [0.25, 0.3) is 5.91 Å². The van der Waals surface area contributed by atoms with E-state index >= 15 is 0 Å². The van der Waals surface area contributed by atoms with E-state index in [1.165, 1.54) is 24.3 Å². The number of para-hydroxylation sites is 1. The van der Waals surface area contributed by atoms with Gasteiger partial charge in [0.15, 0.2) is 0 Å². The summed E-state index contributed by atoms with van der Waals surface area (Å²) in [5, 5.41) is 7.24. The molecule has 216 valence electrons. The lowest BCUT2D eigenvalue weighted by Crippen LogP contribution is -2.42. The molecule has 1 aliphatic carbocycles. The summed E-state index contributed by atoms with van der Waals surface area (Å²) in [6.45, 7) is 1.28. The first-order valence-corrected chi connectivity index (χ1v) is 14.1. The van der Waals surface area contributed by atoms with Crippen LogP contribution in [0.2, 0.25) is 0 Å². The number of urea groups is 1. The molecule has 2 aromatic carbocycles. The minimum absolute atomic E-state index is 0.0232. The number of carbonyl (C=O) groups excluding carboxylic acids is 2. The molecule has 7 nitrogen and oxygen atoms in total. The van der Waals surface area contributed by atoms with Gasteiger partial charge in [0.1, 0.15) is 5.82 Å². The fourth-order valence-electron chi connectivity index (χ4n) is 6.20. The van der Waals surface area contributed by atoms with Gasteiger partial charge in [-0.15, -0.1) is 0 Å². The first-order valence-electron chi connectivity index (χ1n) is 14.1. The third-order valence-corrected chi connectivity index (χ3v) is 8.38. The Labute approximate surface area is 235 Å². The van der Waals surface area contributed by atoms with Crippen LogP contribution in [0.5, 0.6) is 0 Å². The predicted octanol–water partition coefficient (Wildman–Crippen LogP) is 6.76.